The van der Waals surface area contributed by atoms with Crippen molar-refractivity contribution in [1.29, 1.82) is 0 Å². The average molecular weight is 246 g/mol. The number of aromatic nitrogens is 2. The maximum absolute atomic E-state index is 11.6. The topological polar surface area (TPSA) is 104 Å². The summed E-state index contributed by atoms with van der Waals surface area (Å²) in [5.41, 5.74) is 5.62. The van der Waals surface area contributed by atoms with Crippen molar-refractivity contribution in [3.63, 3.8) is 0 Å². The monoisotopic (exact) mass is 246 g/mol. The highest BCUT2D eigenvalue weighted by Crippen LogP contribution is 2.08. The second-order valence-corrected chi connectivity index (χ2v) is 3.66. The fraction of sp³-hybridized carbons (Fsp3) is 0.0909. The molecule has 0 aromatic carbocycles. The Balaban J connectivity index is 2.37. The zero-order chi connectivity index (χ0) is 13.1. The summed E-state index contributed by atoms with van der Waals surface area (Å²) >= 11 is 0. The first kappa shape index (κ1) is 11.8. The third-order valence-electron chi connectivity index (χ3n) is 2.34. The molecule has 0 radical (unpaired) electrons. The Kier molecular flexibility index (Phi) is 3.05. The van der Waals surface area contributed by atoms with Gasteiger partial charge in [0, 0.05) is 12.1 Å². The molecule has 0 bridgehead atoms. The summed E-state index contributed by atoms with van der Waals surface area (Å²) in [6.07, 6.45) is 1.19. The van der Waals surface area contributed by atoms with Crippen LogP contribution in [0.25, 0.3) is 0 Å². The number of nitrogens with zero attached hydrogens (tertiary/aromatic N) is 3. The first-order chi connectivity index (χ1) is 8.56. The van der Waals surface area contributed by atoms with Gasteiger partial charge in [0.05, 0.1) is 23.4 Å². The molecule has 0 saturated heterocycles. The Morgan fingerprint density at radius 1 is 1.33 bits per heavy atom. The lowest BCUT2D eigenvalue weighted by atomic mass is 10.3. The van der Waals surface area contributed by atoms with Gasteiger partial charge in [-0.3, -0.25) is 14.9 Å². The molecule has 92 valence electrons. The molecule has 2 aromatic rings. The van der Waals surface area contributed by atoms with Crippen LogP contribution in [0.3, 0.4) is 0 Å². The molecule has 2 rings (SSSR count). The normalized spacial score (nSPS) is 10.2. The molecule has 2 heterocycles. The minimum Gasteiger partial charge on any atom is -0.384 e. The molecule has 2 aromatic heterocycles. The van der Waals surface area contributed by atoms with Crippen LogP contribution in [0.4, 0.5) is 11.5 Å². The van der Waals surface area contributed by atoms with E-state index >= 15 is 0 Å². The van der Waals surface area contributed by atoms with Crippen LogP contribution in [0.2, 0.25) is 0 Å². The van der Waals surface area contributed by atoms with E-state index < -0.39 is 4.92 Å². The van der Waals surface area contributed by atoms with Gasteiger partial charge in [0.15, 0.2) is 0 Å². The molecule has 0 spiro atoms. The molecular weight excluding hydrogens is 236 g/mol. The van der Waals surface area contributed by atoms with Gasteiger partial charge >= 0.3 is 0 Å². The van der Waals surface area contributed by atoms with E-state index in [1.807, 2.05) is 0 Å². The predicted octanol–water partition coefficient (Wildman–Crippen LogP) is 0.782. The number of pyridine rings is 2. The van der Waals surface area contributed by atoms with E-state index in [-0.39, 0.29) is 17.8 Å². The van der Waals surface area contributed by atoms with Crippen molar-refractivity contribution >= 4 is 11.5 Å². The highest BCUT2D eigenvalue weighted by Gasteiger charge is 2.08. The maximum Gasteiger partial charge on any atom is 0.285 e. The lowest BCUT2D eigenvalue weighted by Crippen LogP contribution is -2.20. The summed E-state index contributed by atoms with van der Waals surface area (Å²) in [4.78, 5) is 25.7. The molecule has 0 aliphatic rings. The van der Waals surface area contributed by atoms with Gasteiger partial charge in [-0.05, 0) is 12.1 Å². The second-order valence-electron chi connectivity index (χ2n) is 3.66. The lowest BCUT2D eigenvalue weighted by Gasteiger charge is -2.05. The van der Waals surface area contributed by atoms with Crippen LogP contribution in [-0.4, -0.2) is 14.5 Å². The quantitative estimate of drug-likeness (QED) is 0.636. The van der Waals surface area contributed by atoms with E-state index in [9.17, 15) is 14.9 Å². The summed E-state index contributed by atoms with van der Waals surface area (Å²) in [7, 11) is 0. The Morgan fingerprint density at radius 2 is 2.11 bits per heavy atom. The molecule has 7 nitrogen and oxygen atoms in total. The van der Waals surface area contributed by atoms with E-state index in [4.69, 9.17) is 5.73 Å². The van der Waals surface area contributed by atoms with Crippen LogP contribution >= 0.6 is 0 Å². The van der Waals surface area contributed by atoms with Gasteiger partial charge in [-0.15, -0.1) is 0 Å². The van der Waals surface area contributed by atoms with Crippen molar-refractivity contribution in [2.45, 2.75) is 6.54 Å². The summed E-state index contributed by atoms with van der Waals surface area (Å²) < 4.78 is 1.22. The molecule has 2 N–H and O–H groups in total. The minimum atomic E-state index is -0.553. The molecule has 18 heavy (non-hydrogen) atoms. The molecule has 0 amide bonds. The standard InChI is InChI=1S/C11H10N4O3/c12-10-3-1-2-8(13-10)6-14-7-9(15(17)18)4-5-11(14)16/h1-5,7H,6H2,(H2,12,13). The lowest BCUT2D eigenvalue weighted by molar-refractivity contribution is -0.385. The van der Waals surface area contributed by atoms with Crippen LogP contribution < -0.4 is 11.3 Å². The van der Waals surface area contributed by atoms with Crippen molar-refractivity contribution in [3.05, 3.63) is 62.7 Å². The third-order valence-corrected chi connectivity index (χ3v) is 2.34. The van der Waals surface area contributed by atoms with E-state index in [1.54, 1.807) is 18.2 Å². The van der Waals surface area contributed by atoms with E-state index in [0.29, 0.717) is 11.5 Å². The maximum atomic E-state index is 11.6. The molecule has 0 atom stereocenters. The number of hydrogen-bond acceptors (Lipinski definition) is 5. The highest BCUT2D eigenvalue weighted by molar-refractivity contribution is 5.29. The molecule has 7 heteroatoms. The van der Waals surface area contributed by atoms with Crippen LogP contribution in [0.15, 0.2) is 41.3 Å². The van der Waals surface area contributed by atoms with Crippen LogP contribution in [-0.2, 0) is 6.54 Å². The Labute approximate surface area is 102 Å². The third kappa shape index (κ3) is 2.51. The van der Waals surface area contributed by atoms with Crippen molar-refractivity contribution in [2.24, 2.45) is 0 Å². The molecule has 0 saturated carbocycles. The summed E-state index contributed by atoms with van der Waals surface area (Å²) in [5.74, 6) is 0.339. The van der Waals surface area contributed by atoms with E-state index in [2.05, 4.69) is 4.98 Å². The molecular formula is C11H10N4O3. The molecule has 0 unspecified atom stereocenters. The molecule has 0 aliphatic heterocycles. The minimum absolute atomic E-state index is 0.140. The SMILES string of the molecule is Nc1cccc(Cn2cc([N+](=O)[O-])ccc2=O)n1. The number of nitrogens with two attached hydrogens (primary N) is 1. The number of rotatable bonds is 3. The number of nitrogen functional groups attached to an aromatic ring is 1. The van der Waals surface area contributed by atoms with E-state index in [0.717, 1.165) is 6.07 Å². The van der Waals surface area contributed by atoms with Crippen LogP contribution in [0, 0.1) is 10.1 Å². The van der Waals surface area contributed by atoms with Gasteiger partial charge in [-0.2, -0.15) is 0 Å². The van der Waals surface area contributed by atoms with Crippen molar-refractivity contribution in [2.75, 3.05) is 5.73 Å². The zero-order valence-corrected chi connectivity index (χ0v) is 9.31. The number of anilines is 1. The fourth-order valence-corrected chi connectivity index (χ4v) is 1.51. The van der Waals surface area contributed by atoms with Gasteiger partial charge in [0.1, 0.15) is 5.82 Å². The second kappa shape index (κ2) is 4.66. The number of nitro groups is 1. The summed E-state index contributed by atoms with van der Waals surface area (Å²) in [5, 5.41) is 10.6. The average Bonchev–Trinajstić information content (AvgIpc) is 2.31. The first-order valence-electron chi connectivity index (χ1n) is 5.12. The van der Waals surface area contributed by atoms with Crippen molar-refractivity contribution in [1.82, 2.24) is 9.55 Å². The fourth-order valence-electron chi connectivity index (χ4n) is 1.51. The van der Waals surface area contributed by atoms with Gasteiger partial charge in [-0.25, -0.2) is 4.98 Å². The zero-order valence-electron chi connectivity index (χ0n) is 9.31. The molecule has 0 aliphatic carbocycles. The number of hydrogen-bond donors (Lipinski definition) is 1. The Hall–Kier alpha value is -2.70. The van der Waals surface area contributed by atoms with Crippen LogP contribution in [0.1, 0.15) is 5.69 Å². The van der Waals surface area contributed by atoms with Crippen molar-refractivity contribution in [3.8, 4) is 0 Å². The van der Waals surface area contributed by atoms with Gasteiger partial charge in [0.25, 0.3) is 11.2 Å². The summed E-state index contributed by atoms with van der Waals surface area (Å²) in [6, 6.07) is 7.36. The Morgan fingerprint density at radius 3 is 2.78 bits per heavy atom. The van der Waals surface area contributed by atoms with Gasteiger partial charge in [-0.1, -0.05) is 6.07 Å². The van der Waals surface area contributed by atoms with Crippen molar-refractivity contribution < 1.29 is 4.92 Å². The van der Waals surface area contributed by atoms with E-state index in [1.165, 1.54) is 16.8 Å². The van der Waals surface area contributed by atoms with Gasteiger partial charge < -0.3 is 10.3 Å². The highest BCUT2D eigenvalue weighted by atomic mass is 16.6. The molecule has 0 fully saturated rings. The Bertz CT molecular complexity index is 651. The first-order valence-corrected chi connectivity index (χ1v) is 5.12. The van der Waals surface area contributed by atoms with Gasteiger partial charge in [0.2, 0.25) is 0 Å². The van der Waals surface area contributed by atoms with Crippen LogP contribution in [0.5, 0.6) is 0 Å². The predicted molar refractivity (Wildman–Crippen MR) is 65.1 cm³/mol. The smallest absolute Gasteiger partial charge is 0.285 e. The summed E-state index contributed by atoms with van der Waals surface area (Å²) in [6.45, 7) is 0.144. The largest absolute Gasteiger partial charge is 0.384 e.